The molecule has 0 aliphatic carbocycles. The van der Waals surface area contributed by atoms with E-state index in [1.54, 1.807) is 36.4 Å². The van der Waals surface area contributed by atoms with Gasteiger partial charge >= 0.3 is 0 Å². The third-order valence-corrected chi connectivity index (χ3v) is 6.36. The summed E-state index contributed by atoms with van der Waals surface area (Å²) in [6.45, 7) is 6.02. The highest BCUT2D eigenvalue weighted by molar-refractivity contribution is 6.35. The molecule has 180 valence electrons. The largest absolute Gasteiger partial charge is 0.457 e. The number of rotatable bonds is 5. The van der Waals surface area contributed by atoms with Gasteiger partial charge in [0, 0.05) is 32.9 Å². The van der Waals surface area contributed by atoms with Crippen LogP contribution in [-0.2, 0) is 4.79 Å². The molecule has 5 aromatic rings. The van der Waals surface area contributed by atoms with Crippen molar-refractivity contribution >= 4 is 52.0 Å². The van der Waals surface area contributed by atoms with Crippen LogP contribution in [0.5, 0.6) is 0 Å². The van der Waals surface area contributed by atoms with Crippen molar-refractivity contribution in [1.82, 2.24) is 4.98 Å². The highest BCUT2D eigenvalue weighted by Gasteiger charge is 2.12. The fraction of sp³-hybridized carbons (Fsp3) is 0.103. The van der Waals surface area contributed by atoms with Gasteiger partial charge in [-0.1, -0.05) is 29.3 Å². The standard InChI is InChI=1S/C29H22Cl2N2O3/c1-16-4-5-19(29-33-25-10-17(2)18(3)11-27(25)36-29)14-24(16)32-28(34)9-7-23-6-8-26(35-23)20-12-21(30)15-22(31)13-20/h4-15H,1-3H3,(H,32,34)/b9-7+. The van der Waals surface area contributed by atoms with E-state index in [9.17, 15) is 4.79 Å². The molecule has 0 saturated carbocycles. The number of furan rings is 1. The van der Waals surface area contributed by atoms with Crippen LogP contribution in [-0.4, -0.2) is 10.9 Å². The maximum Gasteiger partial charge on any atom is 0.248 e. The van der Waals surface area contributed by atoms with E-state index in [-0.39, 0.29) is 5.91 Å². The summed E-state index contributed by atoms with van der Waals surface area (Å²) in [6, 6.07) is 18.5. The van der Waals surface area contributed by atoms with E-state index >= 15 is 0 Å². The molecule has 1 amide bonds. The summed E-state index contributed by atoms with van der Waals surface area (Å²) in [5, 5.41) is 3.96. The number of hydrogen-bond acceptors (Lipinski definition) is 4. The first kappa shape index (κ1) is 23.9. The van der Waals surface area contributed by atoms with Crippen LogP contribution in [0.25, 0.3) is 40.0 Å². The normalized spacial score (nSPS) is 11.5. The molecular weight excluding hydrogens is 495 g/mol. The summed E-state index contributed by atoms with van der Waals surface area (Å²) in [6.07, 6.45) is 3.03. The Labute approximate surface area is 218 Å². The Balaban J connectivity index is 1.33. The van der Waals surface area contributed by atoms with E-state index in [1.807, 2.05) is 51.1 Å². The van der Waals surface area contributed by atoms with E-state index in [1.165, 1.54) is 6.08 Å². The monoisotopic (exact) mass is 516 g/mol. The van der Waals surface area contributed by atoms with E-state index in [0.29, 0.717) is 33.1 Å². The number of aromatic nitrogens is 1. The molecule has 0 bridgehead atoms. The van der Waals surface area contributed by atoms with Crippen LogP contribution in [0.2, 0.25) is 10.0 Å². The summed E-state index contributed by atoms with van der Waals surface area (Å²) < 4.78 is 11.8. The zero-order valence-electron chi connectivity index (χ0n) is 19.9. The number of nitrogens with one attached hydrogen (secondary N) is 1. The molecule has 2 heterocycles. The zero-order valence-corrected chi connectivity index (χ0v) is 21.4. The summed E-state index contributed by atoms with van der Waals surface area (Å²) in [4.78, 5) is 17.3. The Kier molecular flexibility index (Phi) is 6.44. The number of benzene rings is 3. The maximum absolute atomic E-state index is 12.7. The van der Waals surface area contributed by atoms with E-state index < -0.39 is 0 Å². The molecule has 0 atom stereocenters. The van der Waals surface area contributed by atoms with Crippen molar-refractivity contribution in [2.75, 3.05) is 5.32 Å². The van der Waals surface area contributed by atoms with Gasteiger partial charge in [-0.3, -0.25) is 4.79 Å². The molecular formula is C29H22Cl2N2O3. The van der Waals surface area contributed by atoms with Gasteiger partial charge in [0.2, 0.25) is 11.8 Å². The molecule has 0 aliphatic heterocycles. The Bertz CT molecular complexity index is 1590. The average molecular weight is 517 g/mol. The Hall–Kier alpha value is -3.80. The van der Waals surface area contributed by atoms with Crippen LogP contribution in [0.4, 0.5) is 5.69 Å². The molecule has 7 heteroatoms. The predicted octanol–water partition coefficient (Wildman–Crippen LogP) is 8.64. The Morgan fingerprint density at radius 2 is 1.58 bits per heavy atom. The van der Waals surface area contributed by atoms with Gasteiger partial charge in [0.1, 0.15) is 17.0 Å². The highest BCUT2D eigenvalue weighted by atomic mass is 35.5. The predicted molar refractivity (Wildman–Crippen MR) is 145 cm³/mol. The third-order valence-electron chi connectivity index (χ3n) is 5.92. The highest BCUT2D eigenvalue weighted by Crippen LogP contribution is 2.30. The molecule has 0 radical (unpaired) electrons. The third kappa shape index (κ3) is 5.08. The van der Waals surface area contributed by atoms with E-state index in [0.717, 1.165) is 38.9 Å². The SMILES string of the molecule is Cc1cc2nc(-c3ccc(C)c(NC(=O)/C=C/c4ccc(-c5cc(Cl)cc(Cl)c5)o4)c3)oc2cc1C. The molecule has 2 aromatic heterocycles. The van der Waals surface area contributed by atoms with Gasteiger partial charge in [0.15, 0.2) is 5.58 Å². The minimum absolute atomic E-state index is 0.289. The second kappa shape index (κ2) is 9.69. The fourth-order valence-corrected chi connectivity index (χ4v) is 4.35. The minimum Gasteiger partial charge on any atom is -0.457 e. The number of aryl methyl sites for hydroxylation is 3. The molecule has 5 nitrogen and oxygen atoms in total. The van der Waals surface area contributed by atoms with Gasteiger partial charge in [-0.15, -0.1) is 0 Å². The van der Waals surface area contributed by atoms with Crippen molar-refractivity contribution < 1.29 is 13.6 Å². The Morgan fingerprint density at radius 1 is 0.833 bits per heavy atom. The fourth-order valence-electron chi connectivity index (χ4n) is 3.82. The molecule has 0 saturated heterocycles. The first-order valence-electron chi connectivity index (χ1n) is 11.3. The molecule has 3 aromatic carbocycles. The van der Waals surface area contributed by atoms with Crippen LogP contribution >= 0.6 is 23.2 Å². The van der Waals surface area contributed by atoms with Gasteiger partial charge in [-0.2, -0.15) is 0 Å². The van der Waals surface area contributed by atoms with Crippen molar-refractivity contribution in [3.8, 4) is 22.8 Å². The van der Waals surface area contributed by atoms with Gasteiger partial charge in [-0.25, -0.2) is 4.98 Å². The van der Waals surface area contributed by atoms with Crippen molar-refractivity contribution in [3.63, 3.8) is 0 Å². The quantitative estimate of drug-likeness (QED) is 0.237. The summed E-state index contributed by atoms with van der Waals surface area (Å²) in [5.41, 5.74) is 6.97. The van der Waals surface area contributed by atoms with E-state index in [2.05, 4.69) is 10.3 Å². The van der Waals surface area contributed by atoms with Crippen molar-refractivity contribution in [1.29, 1.82) is 0 Å². The topological polar surface area (TPSA) is 68.3 Å². The van der Waals surface area contributed by atoms with Crippen molar-refractivity contribution in [2.24, 2.45) is 0 Å². The lowest BCUT2D eigenvalue weighted by Crippen LogP contribution is -2.09. The molecule has 0 aliphatic rings. The number of amides is 1. The lowest BCUT2D eigenvalue weighted by molar-refractivity contribution is -0.111. The van der Waals surface area contributed by atoms with Gasteiger partial charge in [0.25, 0.3) is 0 Å². The number of fused-ring (bicyclic) bond motifs is 1. The van der Waals surface area contributed by atoms with Crippen molar-refractivity contribution in [3.05, 3.63) is 99.2 Å². The maximum atomic E-state index is 12.7. The van der Waals surface area contributed by atoms with Crippen molar-refractivity contribution in [2.45, 2.75) is 20.8 Å². The van der Waals surface area contributed by atoms with Crippen LogP contribution in [0, 0.1) is 20.8 Å². The van der Waals surface area contributed by atoms with Crippen LogP contribution in [0.3, 0.4) is 0 Å². The summed E-state index contributed by atoms with van der Waals surface area (Å²) in [5.74, 6) is 1.35. The molecule has 0 fully saturated rings. The lowest BCUT2D eigenvalue weighted by Gasteiger charge is -2.07. The number of hydrogen-bond donors (Lipinski definition) is 1. The molecule has 0 spiro atoms. The number of oxazole rings is 1. The first-order chi connectivity index (χ1) is 17.2. The van der Waals surface area contributed by atoms with Crippen LogP contribution < -0.4 is 5.32 Å². The average Bonchev–Trinajstić information content (AvgIpc) is 3.46. The molecule has 1 N–H and O–H groups in total. The molecule has 36 heavy (non-hydrogen) atoms. The second-order valence-corrected chi connectivity index (χ2v) is 9.51. The smallest absolute Gasteiger partial charge is 0.248 e. The second-order valence-electron chi connectivity index (χ2n) is 8.64. The van der Waals surface area contributed by atoms with Crippen LogP contribution in [0.1, 0.15) is 22.5 Å². The number of nitrogens with zero attached hydrogens (tertiary/aromatic N) is 1. The number of halogens is 2. The van der Waals surface area contributed by atoms with Gasteiger partial charge in [-0.05, 0) is 98.1 Å². The van der Waals surface area contributed by atoms with Gasteiger partial charge < -0.3 is 14.2 Å². The summed E-state index contributed by atoms with van der Waals surface area (Å²) in [7, 11) is 0. The molecule has 0 unspecified atom stereocenters. The first-order valence-corrected chi connectivity index (χ1v) is 12.0. The van der Waals surface area contributed by atoms with Crippen LogP contribution in [0.15, 0.2) is 75.6 Å². The molecule has 5 rings (SSSR count). The number of carbonyl (C=O) groups is 1. The zero-order chi connectivity index (χ0) is 25.4. The Morgan fingerprint density at radius 3 is 2.36 bits per heavy atom. The minimum atomic E-state index is -0.289. The number of anilines is 1. The lowest BCUT2D eigenvalue weighted by atomic mass is 10.1. The summed E-state index contributed by atoms with van der Waals surface area (Å²) >= 11 is 12.2. The van der Waals surface area contributed by atoms with E-state index in [4.69, 9.17) is 32.0 Å². The number of carbonyl (C=O) groups excluding carboxylic acids is 1. The van der Waals surface area contributed by atoms with Gasteiger partial charge in [0.05, 0.1) is 0 Å².